The molecule has 7 heteroatoms. The quantitative estimate of drug-likeness (QED) is 0.408. The van der Waals surface area contributed by atoms with Crippen molar-refractivity contribution in [1.29, 1.82) is 0 Å². The van der Waals surface area contributed by atoms with Crippen molar-refractivity contribution in [2.45, 2.75) is 6.54 Å². The zero-order chi connectivity index (χ0) is 20.0. The number of benzene rings is 3. The number of anilines is 1. The van der Waals surface area contributed by atoms with Crippen molar-refractivity contribution in [3.8, 4) is 0 Å². The van der Waals surface area contributed by atoms with Gasteiger partial charge in [-0.25, -0.2) is 14.4 Å². The normalized spacial score (nSPS) is 11.4. The molecule has 0 atom stereocenters. The van der Waals surface area contributed by atoms with Crippen LogP contribution in [0.25, 0.3) is 33.1 Å². The lowest BCUT2D eigenvalue weighted by Gasteiger charge is -2.08. The maximum atomic E-state index is 13.1. The zero-order valence-electron chi connectivity index (χ0n) is 15.1. The van der Waals surface area contributed by atoms with Gasteiger partial charge in [-0.1, -0.05) is 28.1 Å². The summed E-state index contributed by atoms with van der Waals surface area (Å²) >= 11 is 3.51. The number of nitrogens with zero attached hydrogens (tertiary/aromatic N) is 3. The van der Waals surface area contributed by atoms with Gasteiger partial charge in [0.1, 0.15) is 17.9 Å². The highest BCUT2D eigenvalue weighted by Crippen LogP contribution is 2.30. The molecule has 2 aromatic heterocycles. The van der Waals surface area contributed by atoms with E-state index in [0.29, 0.717) is 11.3 Å². The molecule has 0 spiro atoms. The van der Waals surface area contributed by atoms with Crippen molar-refractivity contribution < 1.29 is 9.18 Å². The first-order valence-corrected chi connectivity index (χ1v) is 9.77. The molecule has 0 saturated heterocycles. The molecule has 3 aromatic carbocycles. The van der Waals surface area contributed by atoms with Crippen molar-refractivity contribution in [1.82, 2.24) is 14.5 Å². The minimum atomic E-state index is -0.349. The first-order valence-electron chi connectivity index (χ1n) is 8.98. The maximum absolute atomic E-state index is 13.1. The van der Waals surface area contributed by atoms with Gasteiger partial charge in [0, 0.05) is 15.5 Å². The summed E-state index contributed by atoms with van der Waals surface area (Å²) in [7, 11) is 0. The number of rotatable bonds is 3. The fraction of sp³-hybridized carbons (Fsp3) is 0.0455. The lowest BCUT2D eigenvalue weighted by Crippen LogP contribution is -2.18. The van der Waals surface area contributed by atoms with Crippen LogP contribution in [0.1, 0.15) is 0 Å². The number of nitrogens with one attached hydrogen (secondary N) is 1. The van der Waals surface area contributed by atoms with E-state index in [4.69, 9.17) is 9.97 Å². The Morgan fingerprint density at radius 1 is 1.00 bits per heavy atom. The molecule has 5 aromatic rings. The molecular formula is C22H14BrFN4O. The summed E-state index contributed by atoms with van der Waals surface area (Å²) in [5.41, 5.74) is 4.36. The van der Waals surface area contributed by atoms with Crippen LogP contribution in [0.15, 0.2) is 71.2 Å². The highest BCUT2D eigenvalue weighted by molar-refractivity contribution is 9.10. The van der Waals surface area contributed by atoms with E-state index < -0.39 is 0 Å². The third-order valence-corrected chi connectivity index (χ3v) is 5.24. The van der Waals surface area contributed by atoms with Crippen LogP contribution in [0, 0.1) is 5.82 Å². The third-order valence-electron chi connectivity index (χ3n) is 4.74. The SMILES string of the molecule is O=C(Cn1c2ccc(Br)cc2c2nc3ccccc3nc21)Nc1ccc(F)cc1. The molecule has 0 unspecified atom stereocenters. The molecular weight excluding hydrogens is 435 g/mol. The lowest BCUT2D eigenvalue weighted by molar-refractivity contribution is -0.116. The van der Waals surface area contributed by atoms with Gasteiger partial charge >= 0.3 is 0 Å². The van der Waals surface area contributed by atoms with Crippen molar-refractivity contribution in [2.24, 2.45) is 0 Å². The van der Waals surface area contributed by atoms with Gasteiger partial charge in [-0.3, -0.25) is 4.79 Å². The number of carbonyl (C=O) groups is 1. The number of amides is 1. The first-order chi connectivity index (χ1) is 14.1. The Bertz CT molecular complexity index is 1400. The van der Waals surface area contributed by atoms with Crippen molar-refractivity contribution in [2.75, 3.05) is 5.32 Å². The second-order valence-corrected chi connectivity index (χ2v) is 7.60. The fourth-order valence-electron chi connectivity index (χ4n) is 3.44. The van der Waals surface area contributed by atoms with Crippen molar-refractivity contribution in [3.05, 3.63) is 77.0 Å². The van der Waals surface area contributed by atoms with Gasteiger partial charge in [-0.15, -0.1) is 0 Å². The molecule has 0 aliphatic rings. The summed E-state index contributed by atoms with van der Waals surface area (Å²) in [6.45, 7) is 0.0615. The lowest BCUT2D eigenvalue weighted by atomic mass is 10.2. The molecule has 5 rings (SSSR count). The third kappa shape index (κ3) is 3.23. The highest BCUT2D eigenvalue weighted by Gasteiger charge is 2.17. The molecule has 2 heterocycles. The van der Waals surface area contributed by atoms with Crippen LogP contribution in [-0.4, -0.2) is 20.4 Å². The molecule has 0 radical (unpaired) electrons. The van der Waals surface area contributed by atoms with E-state index >= 15 is 0 Å². The molecule has 0 saturated carbocycles. The molecule has 0 aliphatic heterocycles. The number of fused-ring (bicyclic) bond motifs is 4. The second kappa shape index (κ2) is 6.93. The van der Waals surface area contributed by atoms with Crippen molar-refractivity contribution >= 4 is 60.6 Å². The van der Waals surface area contributed by atoms with Crippen molar-refractivity contribution in [3.63, 3.8) is 0 Å². The summed E-state index contributed by atoms with van der Waals surface area (Å²) < 4.78 is 15.9. The molecule has 5 nitrogen and oxygen atoms in total. The largest absolute Gasteiger partial charge is 0.325 e. The summed E-state index contributed by atoms with van der Waals surface area (Å²) in [6.07, 6.45) is 0. The molecule has 0 bridgehead atoms. The predicted molar refractivity (Wildman–Crippen MR) is 115 cm³/mol. The van der Waals surface area contributed by atoms with Crippen LogP contribution in [0.5, 0.6) is 0 Å². The Morgan fingerprint density at radius 2 is 1.72 bits per heavy atom. The maximum Gasteiger partial charge on any atom is 0.244 e. The van der Waals surface area contributed by atoms with E-state index in [9.17, 15) is 9.18 Å². The summed E-state index contributed by atoms with van der Waals surface area (Å²) in [5, 5.41) is 3.72. The average molecular weight is 449 g/mol. The average Bonchev–Trinajstić information content (AvgIpc) is 3.00. The van der Waals surface area contributed by atoms with Gasteiger partial charge in [-0.05, 0) is 54.6 Å². The van der Waals surface area contributed by atoms with Gasteiger partial charge in [0.25, 0.3) is 0 Å². The fourth-order valence-corrected chi connectivity index (χ4v) is 3.81. The topological polar surface area (TPSA) is 59.8 Å². The van der Waals surface area contributed by atoms with E-state index in [1.807, 2.05) is 47.0 Å². The van der Waals surface area contributed by atoms with Gasteiger partial charge in [0.15, 0.2) is 5.65 Å². The van der Waals surface area contributed by atoms with Gasteiger partial charge in [0.2, 0.25) is 5.91 Å². The van der Waals surface area contributed by atoms with E-state index in [2.05, 4.69) is 21.2 Å². The van der Waals surface area contributed by atoms with E-state index in [1.165, 1.54) is 24.3 Å². The predicted octanol–water partition coefficient (Wildman–Crippen LogP) is 5.28. The number of para-hydroxylation sites is 2. The monoisotopic (exact) mass is 448 g/mol. The molecule has 142 valence electrons. The van der Waals surface area contributed by atoms with Crippen LogP contribution in [-0.2, 0) is 11.3 Å². The Kier molecular flexibility index (Phi) is 4.24. The molecule has 0 aliphatic carbocycles. The van der Waals surface area contributed by atoms with Crippen LogP contribution < -0.4 is 5.32 Å². The van der Waals surface area contributed by atoms with E-state index in [-0.39, 0.29) is 18.3 Å². The minimum absolute atomic E-state index is 0.0615. The number of carbonyl (C=O) groups excluding carboxylic acids is 1. The van der Waals surface area contributed by atoms with Crippen LogP contribution in [0.2, 0.25) is 0 Å². The number of hydrogen-bond acceptors (Lipinski definition) is 3. The number of halogens is 2. The number of hydrogen-bond donors (Lipinski definition) is 1. The summed E-state index contributed by atoms with van der Waals surface area (Å²) in [5.74, 6) is -0.577. The smallest absolute Gasteiger partial charge is 0.244 e. The van der Waals surface area contributed by atoms with E-state index in [0.717, 1.165) is 31.9 Å². The zero-order valence-corrected chi connectivity index (χ0v) is 16.6. The summed E-state index contributed by atoms with van der Waals surface area (Å²) in [6, 6.07) is 19.2. The second-order valence-electron chi connectivity index (χ2n) is 6.69. The van der Waals surface area contributed by atoms with Crippen LogP contribution in [0.3, 0.4) is 0 Å². The Balaban J connectivity index is 1.63. The molecule has 29 heavy (non-hydrogen) atoms. The molecule has 1 N–H and O–H groups in total. The van der Waals surface area contributed by atoms with Gasteiger partial charge < -0.3 is 9.88 Å². The van der Waals surface area contributed by atoms with Crippen LogP contribution in [0.4, 0.5) is 10.1 Å². The van der Waals surface area contributed by atoms with Crippen LogP contribution >= 0.6 is 15.9 Å². The standard InChI is InChI=1S/C22H14BrFN4O/c23-13-5-10-19-16(11-13)21-22(27-18-4-2-1-3-17(18)26-21)28(19)12-20(29)25-15-8-6-14(24)7-9-15/h1-11H,12H2,(H,25,29). The molecule has 0 fully saturated rings. The Labute approximate surface area is 173 Å². The summed E-state index contributed by atoms with van der Waals surface area (Å²) in [4.78, 5) is 22.3. The minimum Gasteiger partial charge on any atom is -0.325 e. The number of aromatic nitrogens is 3. The Morgan fingerprint density at radius 3 is 2.48 bits per heavy atom. The van der Waals surface area contributed by atoms with E-state index in [1.54, 1.807) is 0 Å². The van der Waals surface area contributed by atoms with Gasteiger partial charge in [0.05, 0.1) is 16.6 Å². The molecule has 1 amide bonds. The highest BCUT2D eigenvalue weighted by atomic mass is 79.9. The Hall–Kier alpha value is -3.32. The van der Waals surface area contributed by atoms with Gasteiger partial charge in [-0.2, -0.15) is 0 Å². The first kappa shape index (κ1) is 17.8.